The molecule has 12 heteroatoms. The van der Waals surface area contributed by atoms with Crippen molar-refractivity contribution in [1.29, 1.82) is 0 Å². The van der Waals surface area contributed by atoms with Gasteiger partial charge < -0.3 is 19.9 Å². The van der Waals surface area contributed by atoms with Gasteiger partial charge in [-0.3, -0.25) is 4.72 Å². The minimum absolute atomic E-state index is 0.401. The average molecular weight is 792 g/mol. The van der Waals surface area contributed by atoms with E-state index in [4.69, 9.17) is 9.47 Å². The molecule has 0 bridgehead atoms. The summed E-state index contributed by atoms with van der Waals surface area (Å²) in [5, 5.41) is 27.3. The fraction of sp³-hybridized carbons (Fsp3) is 0.130. The Kier molecular flexibility index (Phi) is 10.9. The van der Waals surface area contributed by atoms with Crippen molar-refractivity contribution in [3.8, 4) is 56.3 Å². The fourth-order valence-electron chi connectivity index (χ4n) is 7.38. The van der Waals surface area contributed by atoms with Crippen LogP contribution in [0.1, 0.15) is 16.7 Å². The number of anilines is 1. The van der Waals surface area contributed by atoms with Crippen molar-refractivity contribution in [3.63, 3.8) is 0 Å². The first-order chi connectivity index (χ1) is 27.9. The van der Waals surface area contributed by atoms with Crippen LogP contribution in [-0.4, -0.2) is 38.9 Å². The Morgan fingerprint density at radius 2 is 1.07 bits per heavy atom. The molecule has 0 amide bonds. The molecule has 0 fully saturated rings. The smallest absolute Gasteiger partial charge is 0.250 e. The predicted molar refractivity (Wildman–Crippen MR) is 229 cm³/mol. The van der Waals surface area contributed by atoms with E-state index in [1.165, 1.54) is 6.20 Å². The number of ether oxygens (including phenoxy) is 2. The molecule has 8 aromatic rings. The second-order valence-electron chi connectivity index (χ2n) is 13.8. The summed E-state index contributed by atoms with van der Waals surface area (Å²) < 4.78 is 38.3. The molecule has 4 aromatic heterocycles. The first kappa shape index (κ1) is 39.2. The number of rotatable bonds is 8. The molecule has 1 N–H and O–H groups in total. The lowest BCUT2D eigenvalue weighted by Gasteiger charge is -2.14. The van der Waals surface area contributed by atoms with Crippen LogP contribution >= 0.6 is 0 Å². The first-order valence-electron chi connectivity index (χ1n) is 18.3. The fourth-order valence-corrected chi connectivity index (χ4v) is 7.93. The Labute approximate surface area is 337 Å². The van der Waals surface area contributed by atoms with Crippen LogP contribution in [0.5, 0.6) is 11.5 Å². The number of sulfonamides is 1. The molecular weight excluding hydrogens is 751 g/mol. The van der Waals surface area contributed by atoms with Crippen molar-refractivity contribution < 1.29 is 27.4 Å². The number of nitrogens with zero attached hydrogens (tertiary/aromatic N) is 4. The number of fused-ring (bicyclic) bond motifs is 2. The van der Waals surface area contributed by atoms with E-state index in [9.17, 15) is 18.8 Å². The highest BCUT2D eigenvalue weighted by Gasteiger charge is 2.23. The quantitative estimate of drug-likeness (QED) is 0.119. The maximum atomic E-state index is 12.8. The second-order valence-corrected chi connectivity index (χ2v) is 15.5. The van der Waals surface area contributed by atoms with Gasteiger partial charge in [0.05, 0.1) is 31.6 Å². The van der Waals surface area contributed by atoms with Crippen LogP contribution in [0.4, 0.5) is 5.69 Å². The summed E-state index contributed by atoms with van der Waals surface area (Å²) in [5.74, 6) is 1.51. The molecule has 0 unspecified atom stereocenters. The van der Waals surface area contributed by atoms with Crippen molar-refractivity contribution in [2.45, 2.75) is 20.8 Å². The van der Waals surface area contributed by atoms with Crippen LogP contribution in [0, 0.1) is 31.2 Å². The van der Waals surface area contributed by atoms with Crippen LogP contribution in [0.2, 0.25) is 0 Å². The van der Waals surface area contributed by atoms with Crippen molar-refractivity contribution in [3.05, 3.63) is 161 Å². The monoisotopic (exact) mass is 791 g/mol. The highest BCUT2D eigenvalue weighted by Crippen LogP contribution is 2.39. The molecule has 0 saturated heterocycles. The molecule has 0 radical (unpaired) electrons. The Balaban J connectivity index is 0.000000178. The molecule has 58 heavy (non-hydrogen) atoms. The summed E-state index contributed by atoms with van der Waals surface area (Å²) in [7, 11) is -0.116. The molecule has 292 valence electrons. The standard InChI is InChI=1S/C23H21N3O4S.C23H20N2O2/c1-15-14-16(25-31(3,28)29)8-9-17(15)23-22-20(11-13-26(23)27)18(10-12-24-22)19-6-4-5-7-21(19)30-2;1-15-7-6-8-16(2)21(15)23-22-19(12-14-25(23)26)17(11-13-24-22)18-9-4-5-10-20(18)27-3/h4-14,25H,1-3H3;4-14H,1-3H3. The van der Waals surface area contributed by atoms with Crippen molar-refractivity contribution in [1.82, 2.24) is 9.97 Å². The zero-order valence-electron chi connectivity index (χ0n) is 32.8. The molecule has 4 aromatic carbocycles. The number of hydrogen-bond donors (Lipinski definition) is 1. The molecular formula is C46H41N5O6S. The van der Waals surface area contributed by atoms with Crippen LogP contribution in [0.15, 0.2) is 134 Å². The van der Waals surface area contributed by atoms with Crippen molar-refractivity contribution in [2.75, 3.05) is 25.2 Å². The Hall–Kier alpha value is -7.05. The van der Waals surface area contributed by atoms with Gasteiger partial charge in [-0.15, -0.1) is 0 Å². The van der Waals surface area contributed by atoms with E-state index in [1.54, 1.807) is 57.1 Å². The second kappa shape index (κ2) is 16.2. The maximum absolute atomic E-state index is 12.8. The third-order valence-corrected chi connectivity index (χ3v) is 10.5. The Bertz CT molecular complexity index is 2930. The lowest BCUT2D eigenvalue weighted by molar-refractivity contribution is -0.592. The minimum atomic E-state index is -3.40. The van der Waals surface area contributed by atoms with Gasteiger partial charge >= 0.3 is 0 Å². The highest BCUT2D eigenvalue weighted by molar-refractivity contribution is 7.92. The lowest BCUT2D eigenvalue weighted by atomic mass is 9.95. The van der Waals surface area contributed by atoms with Crippen LogP contribution in [-0.2, 0) is 10.0 Å². The highest BCUT2D eigenvalue weighted by atomic mass is 32.2. The molecule has 0 aliphatic rings. The molecule has 0 saturated carbocycles. The van der Waals surface area contributed by atoms with E-state index in [0.717, 1.165) is 82.5 Å². The van der Waals surface area contributed by atoms with Gasteiger partial charge in [0.1, 0.15) is 22.5 Å². The summed E-state index contributed by atoms with van der Waals surface area (Å²) >= 11 is 0. The molecule has 4 heterocycles. The number of methoxy groups -OCH3 is 2. The van der Waals surface area contributed by atoms with Gasteiger partial charge in [0.15, 0.2) is 12.4 Å². The molecule has 0 atom stereocenters. The lowest BCUT2D eigenvalue weighted by Crippen LogP contribution is -2.29. The SMILES string of the molecule is COc1ccccc1-c1ccnc2c(-c3c(C)cccc3C)[n+]([O-])ccc12.COc1ccccc1-c1ccnc2c(-c3ccc(NS(C)(=O)=O)cc3C)[n+]([O-])ccc12. The summed E-state index contributed by atoms with van der Waals surface area (Å²) in [6, 6.07) is 34.1. The van der Waals surface area contributed by atoms with Crippen LogP contribution in [0.3, 0.4) is 0 Å². The number of benzene rings is 4. The third-order valence-electron chi connectivity index (χ3n) is 9.92. The van der Waals surface area contributed by atoms with E-state index in [1.807, 2.05) is 106 Å². The van der Waals surface area contributed by atoms with E-state index in [2.05, 4.69) is 14.7 Å². The normalized spacial score (nSPS) is 11.2. The topological polar surface area (TPSA) is 144 Å². The van der Waals surface area contributed by atoms with Gasteiger partial charge in [-0.2, -0.15) is 9.46 Å². The average Bonchev–Trinajstić information content (AvgIpc) is 3.21. The van der Waals surface area contributed by atoms with Gasteiger partial charge in [-0.1, -0.05) is 54.6 Å². The van der Waals surface area contributed by atoms with E-state index in [0.29, 0.717) is 33.7 Å². The third kappa shape index (κ3) is 7.69. The number of hydrogen-bond acceptors (Lipinski definition) is 8. The largest absolute Gasteiger partial charge is 0.618 e. The molecule has 0 aliphatic heterocycles. The molecule has 8 rings (SSSR count). The van der Waals surface area contributed by atoms with Crippen LogP contribution < -0.4 is 23.7 Å². The molecule has 0 aliphatic carbocycles. The van der Waals surface area contributed by atoms with Crippen molar-refractivity contribution in [2.24, 2.45) is 0 Å². The predicted octanol–water partition coefficient (Wildman–Crippen LogP) is 8.72. The molecule has 0 spiro atoms. The van der Waals surface area contributed by atoms with Crippen LogP contribution in [0.25, 0.3) is 66.6 Å². The van der Waals surface area contributed by atoms with Gasteiger partial charge in [-0.25, -0.2) is 18.4 Å². The Morgan fingerprint density at radius 1 is 0.569 bits per heavy atom. The number of nitrogens with one attached hydrogen (secondary N) is 1. The van der Waals surface area contributed by atoms with Gasteiger partial charge in [0, 0.05) is 52.1 Å². The minimum Gasteiger partial charge on any atom is -0.618 e. The number of aromatic nitrogens is 4. The maximum Gasteiger partial charge on any atom is 0.250 e. The Morgan fingerprint density at radius 3 is 1.57 bits per heavy atom. The summed E-state index contributed by atoms with van der Waals surface area (Å²) in [5.41, 5.74) is 10.9. The zero-order valence-corrected chi connectivity index (χ0v) is 33.7. The zero-order chi connectivity index (χ0) is 41.1. The summed E-state index contributed by atoms with van der Waals surface area (Å²) in [6.07, 6.45) is 7.53. The van der Waals surface area contributed by atoms with Gasteiger partial charge in [0.2, 0.25) is 10.0 Å². The van der Waals surface area contributed by atoms with Crippen molar-refractivity contribution >= 4 is 37.5 Å². The van der Waals surface area contributed by atoms with E-state index < -0.39 is 10.0 Å². The summed E-state index contributed by atoms with van der Waals surface area (Å²) in [6.45, 7) is 5.86. The van der Waals surface area contributed by atoms with E-state index in [-0.39, 0.29) is 0 Å². The molecule has 11 nitrogen and oxygen atoms in total. The number of para-hydroxylation sites is 2. The summed E-state index contributed by atoms with van der Waals surface area (Å²) in [4.78, 5) is 9.09. The number of aryl methyl sites for hydroxylation is 3. The van der Waals surface area contributed by atoms with E-state index >= 15 is 0 Å². The van der Waals surface area contributed by atoms with Gasteiger partial charge in [-0.05, 0) is 91.1 Å². The van der Waals surface area contributed by atoms with Gasteiger partial charge in [0.25, 0.3) is 11.4 Å². The first-order valence-corrected chi connectivity index (χ1v) is 20.2. The number of pyridine rings is 4.